The first-order chi connectivity index (χ1) is 22.4. The van der Waals surface area contributed by atoms with Gasteiger partial charge in [0.2, 0.25) is 0 Å². The molecule has 0 radical (unpaired) electrons. The number of aromatic nitrogens is 3. The van der Waals surface area contributed by atoms with Gasteiger partial charge in [0.1, 0.15) is 16.5 Å². The molecule has 6 heteroatoms. The number of para-hydroxylation sites is 4. The van der Waals surface area contributed by atoms with Crippen LogP contribution in [-0.2, 0) is 26.5 Å². The van der Waals surface area contributed by atoms with Crippen molar-refractivity contribution in [1.82, 2.24) is 8.97 Å². The zero-order valence-electron chi connectivity index (χ0n) is 26.3. The summed E-state index contributed by atoms with van der Waals surface area (Å²) < 4.78 is 13.7. The van der Waals surface area contributed by atoms with Gasteiger partial charge in [0.15, 0.2) is 11.0 Å². The van der Waals surface area contributed by atoms with E-state index in [2.05, 4.69) is 149 Å². The largest absolute Gasteiger partial charge is 0.482 e. The van der Waals surface area contributed by atoms with Crippen LogP contribution in [0.2, 0.25) is 0 Å². The van der Waals surface area contributed by atoms with E-state index in [1.807, 2.05) is 30.3 Å². The minimum absolute atomic E-state index is 0. The molecule has 5 nitrogen and oxygen atoms in total. The number of fused-ring (bicyclic) bond motifs is 8. The molecule has 0 aliphatic carbocycles. The predicted molar refractivity (Wildman–Crippen MR) is 188 cm³/mol. The molecule has 0 aliphatic rings. The molecule has 9 rings (SSSR count). The van der Waals surface area contributed by atoms with Gasteiger partial charge in [-0.3, -0.25) is 0 Å². The summed E-state index contributed by atoms with van der Waals surface area (Å²) in [6, 6.07) is 46.0. The summed E-state index contributed by atoms with van der Waals surface area (Å²) in [6.07, 6.45) is 4.46. The van der Waals surface area contributed by atoms with E-state index < -0.39 is 0 Å². The number of hydrogen-bond donors (Lipinski definition) is 1. The van der Waals surface area contributed by atoms with Gasteiger partial charge in [0.05, 0.1) is 23.8 Å². The van der Waals surface area contributed by atoms with Crippen LogP contribution in [0.5, 0.6) is 0 Å². The van der Waals surface area contributed by atoms with E-state index >= 15 is 0 Å². The Hall–Kier alpha value is -5.12. The van der Waals surface area contributed by atoms with Crippen molar-refractivity contribution < 1.29 is 29.9 Å². The van der Waals surface area contributed by atoms with Crippen molar-refractivity contribution in [1.29, 1.82) is 0 Å². The van der Waals surface area contributed by atoms with Crippen molar-refractivity contribution in [3.05, 3.63) is 145 Å². The standard InChI is InChI=1S/C41H32N4O.Pt/c1-41(2,3)27-22-23-43-36-26-44(35-19-10-8-17-33(35)42-28-12-5-4-6-13-28)29-14-11-15-30(25-29)46-37-21-20-32-31-16-7-9-18-34(31)45(38(43)24-27)40(32)39(36)37;/h4-24,26,42H,1-3H3;. The summed E-state index contributed by atoms with van der Waals surface area (Å²) in [4.78, 5) is 0. The Bertz CT molecular complexity index is 2660. The van der Waals surface area contributed by atoms with Crippen LogP contribution >= 0.6 is 0 Å². The maximum absolute atomic E-state index is 6.72. The average molecular weight is 792 g/mol. The first-order valence-corrected chi connectivity index (χ1v) is 15.7. The monoisotopic (exact) mass is 791 g/mol. The molecule has 0 fully saturated rings. The minimum atomic E-state index is -0.0160. The van der Waals surface area contributed by atoms with Crippen molar-refractivity contribution in [2.45, 2.75) is 26.2 Å². The third kappa shape index (κ3) is 4.68. The van der Waals surface area contributed by atoms with Crippen LogP contribution in [-0.4, -0.2) is 8.97 Å². The number of rotatable bonds is 3. The molecular weight excluding hydrogens is 760 g/mol. The quantitative estimate of drug-likeness (QED) is 0.110. The molecule has 0 spiro atoms. The van der Waals surface area contributed by atoms with E-state index in [0.717, 1.165) is 50.2 Å². The zero-order chi connectivity index (χ0) is 31.0. The summed E-state index contributed by atoms with van der Waals surface area (Å²) >= 11 is 0. The van der Waals surface area contributed by atoms with Crippen molar-refractivity contribution in [3.8, 4) is 5.69 Å². The number of nitrogens with one attached hydrogen (secondary N) is 1. The van der Waals surface area contributed by atoms with E-state index in [4.69, 9.17) is 4.42 Å². The van der Waals surface area contributed by atoms with Gasteiger partial charge in [-0.25, -0.2) is 0 Å². The average Bonchev–Trinajstić information content (AvgIpc) is 3.42. The Labute approximate surface area is 286 Å². The van der Waals surface area contributed by atoms with Crippen LogP contribution in [0.1, 0.15) is 26.3 Å². The topological polar surface area (TPSA) is 38.6 Å². The number of anilines is 2. The SMILES string of the molecule is CC(C)(C)c1cc[n+]2c3cn(-c4ccccc4Nc4ccccc4)c4[c-]c(ccc4)oc4ccc5c6ccccc6n(c5c43)c2c1.[Pt]. The van der Waals surface area contributed by atoms with Crippen LogP contribution in [0.25, 0.3) is 60.7 Å². The van der Waals surface area contributed by atoms with Gasteiger partial charge in [-0.15, -0.1) is 18.2 Å². The first-order valence-electron chi connectivity index (χ1n) is 15.7. The van der Waals surface area contributed by atoms with Gasteiger partial charge >= 0.3 is 0 Å². The molecule has 0 atom stereocenters. The maximum atomic E-state index is 6.72. The number of nitrogens with zero attached hydrogens (tertiary/aromatic N) is 3. The van der Waals surface area contributed by atoms with Crippen LogP contribution < -0.4 is 9.72 Å². The fraction of sp³-hybridized carbons (Fsp3) is 0.0976. The van der Waals surface area contributed by atoms with Crippen LogP contribution in [0.4, 0.5) is 11.4 Å². The number of hydrogen-bond acceptors (Lipinski definition) is 2. The number of pyridine rings is 1. The summed E-state index contributed by atoms with van der Waals surface area (Å²) in [7, 11) is 0. The molecule has 0 saturated carbocycles. The van der Waals surface area contributed by atoms with Gasteiger partial charge in [-0.2, -0.15) is 14.9 Å². The summed E-state index contributed by atoms with van der Waals surface area (Å²) in [5.74, 6) is 0. The Balaban J connectivity index is 0.00000324. The fourth-order valence-electron chi connectivity index (χ4n) is 6.80. The van der Waals surface area contributed by atoms with E-state index in [0.29, 0.717) is 5.58 Å². The first kappa shape index (κ1) is 29.3. The predicted octanol–water partition coefficient (Wildman–Crippen LogP) is 10.1. The van der Waals surface area contributed by atoms with E-state index in [1.54, 1.807) is 0 Å². The second kappa shape index (κ2) is 11.0. The van der Waals surface area contributed by atoms with Gasteiger partial charge in [0.25, 0.3) is 5.65 Å². The summed E-state index contributed by atoms with van der Waals surface area (Å²) in [5.41, 5.74) is 11.1. The molecular formula is C41H32N4OPt. The Morgan fingerprint density at radius 1 is 0.766 bits per heavy atom. The van der Waals surface area contributed by atoms with E-state index in [1.165, 1.54) is 21.9 Å². The zero-order valence-corrected chi connectivity index (χ0v) is 28.5. The van der Waals surface area contributed by atoms with Crippen molar-refractivity contribution in [2.24, 2.45) is 0 Å². The molecule has 0 unspecified atom stereocenters. The molecule has 9 aromatic rings. The molecule has 0 aliphatic heterocycles. The molecule has 1 N–H and O–H groups in total. The molecule has 47 heavy (non-hydrogen) atoms. The fourth-order valence-corrected chi connectivity index (χ4v) is 6.80. The van der Waals surface area contributed by atoms with Crippen LogP contribution in [0, 0.1) is 6.07 Å². The van der Waals surface area contributed by atoms with Gasteiger partial charge in [-0.1, -0.05) is 68.8 Å². The Morgan fingerprint density at radius 3 is 2.40 bits per heavy atom. The third-order valence-electron chi connectivity index (χ3n) is 9.04. The van der Waals surface area contributed by atoms with Gasteiger partial charge in [0, 0.05) is 49.2 Å². The van der Waals surface area contributed by atoms with Gasteiger partial charge < -0.3 is 14.3 Å². The normalized spacial score (nSPS) is 12.0. The summed E-state index contributed by atoms with van der Waals surface area (Å²) in [5, 5.41) is 7.12. The molecule has 232 valence electrons. The summed E-state index contributed by atoms with van der Waals surface area (Å²) in [6.45, 7) is 6.81. The van der Waals surface area contributed by atoms with Gasteiger partial charge in [-0.05, 0) is 65.6 Å². The number of benzene rings is 5. The molecule has 5 aromatic carbocycles. The van der Waals surface area contributed by atoms with Crippen LogP contribution in [0.3, 0.4) is 0 Å². The van der Waals surface area contributed by atoms with Crippen LogP contribution in [0.15, 0.2) is 138 Å². The maximum Gasteiger partial charge on any atom is 0.292 e. The van der Waals surface area contributed by atoms with Crippen molar-refractivity contribution in [2.75, 3.05) is 5.32 Å². The van der Waals surface area contributed by atoms with E-state index in [9.17, 15) is 0 Å². The Kier molecular flexibility index (Phi) is 6.85. The molecule has 2 bridgehead atoms. The molecule has 4 heterocycles. The second-order valence-electron chi connectivity index (χ2n) is 13.0. The minimum Gasteiger partial charge on any atom is -0.482 e. The smallest absolute Gasteiger partial charge is 0.292 e. The second-order valence-corrected chi connectivity index (χ2v) is 13.0. The Morgan fingerprint density at radius 2 is 1.55 bits per heavy atom. The van der Waals surface area contributed by atoms with E-state index in [-0.39, 0.29) is 26.5 Å². The molecule has 0 amide bonds. The third-order valence-corrected chi connectivity index (χ3v) is 9.04. The molecule has 0 saturated heterocycles. The van der Waals surface area contributed by atoms with Crippen molar-refractivity contribution in [3.63, 3.8) is 0 Å². The molecule has 4 aromatic heterocycles. The van der Waals surface area contributed by atoms with Crippen molar-refractivity contribution >= 4 is 66.4 Å².